The van der Waals surface area contributed by atoms with Gasteiger partial charge in [0.05, 0.1) is 13.2 Å². The SMILES string of the molecule is CC(C)CN1C(=O)N(CCO)C(=O)C12CCN(C(=O)c1cccnn1)CC2. The molecule has 0 atom stereocenters. The molecule has 9 heteroatoms. The molecule has 1 spiro atoms. The van der Waals surface area contributed by atoms with Gasteiger partial charge in [-0.25, -0.2) is 4.79 Å². The number of rotatable bonds is 5. The van der Waals surface area contributed by atoms with Crippen LogP contribution in [0.15, 0.2) is 18.3 Å². The van der Waals surface area contributed by atoms with Gasteiger partial charge < -0.3 is 14.9 Å². The van der Waals surface area contributed by atoms with Gasteiger partial charge in [0.2, 0.25) is 0 Å². The predicted molar refractivity (Wildman–Crippen MR) is 95.6 cm³/mol. The van der Waals surface area contributed by atoms with Crippen LogP contribution < -0.4 is 0 Å². The molecule has 3 heterocycles. The number of aliphatic hydroxyl groups excluding tert-OH is 1. The van der Waals surface area contributed by atoms with E-state index in [2.05, 4.69) is 10.2 Å². The van der Waals surface area contributed by atoms with Crippen molar-refractivity contribution < 1.29 is 19.5 Å². The summed E-state index contributed by atoms with van der Waals surface area (Å²) in [5.74, 6) is -0.293. The Morgan fingerprint density at radius 2 is 2.00 bits per heavy atom. The maximum absolute atomic E-state index is 13.0. The van der Waals surface area contributed by atoms with Crippen LogP contribution in [-0.4, -0.2) is 86.2 Å². The highest BCUT2D eigenvalue weighted by atomic mass is 16.3. The van der Waals surface area contributed by atoms with E-state index in [4.69, 9.17) is 0 Å². The third kappa shape index (κ3) is 3.39. The Labute approximate surface area is 157 Å². The van der Waals surface area contributed by atoms with Crippen LogP contribution in [0.1, 0.15) is 37.2 Å². The molecule has 146 valence electrons. The van der Waals surface area contributed by atoms with Gasteiger partial charge in [-0.3, -0.25) is 14.5 Å². The van der Waals surface area contributed by atoms with E-state index in [1.54, 1.807) is 21.9 Å². The normalized spacial score (nSPS) is 19.5. The number of piperidine rings is 1. The summed E-state index contributed by atoms with van der Waals surface area (Å²) in [6.07, 6.45) is 2.25. The molecule has 0 bridgehead atoms. The maximum Gasteiger partial charge on any atom is 0.327 e. The number of hydrogen-bond donors (Lipinski definition) is 1. The van der Waals surface area contributed by atoms with E-state index in [0.29, 0.717) is 32.5 Å². The molecule has 1 aromatic heterocycles. The number of hydrogen-bond acceptors (Lipinski definition) is 6. The number of nitrogens with zero attached hydrogens (tertiary/aromatic N) is 5. The Morgan fingerprint density at radius 3 is 2.56 bits per heavy atom. The van der Waals surface area contributed by atoms with E-state index in [-0.39, 0.29) is 42.6 Å². The number of imide groups is 1. The Bertz CT molecular complexity index is 716. The average molecular weight is 375 g/mol. The van der Waals surface area contributed by atoms with Crippen LogP contribution in [0.2, 0.25) is 0 Å². The van der Waals surface area contributed by atoms with Gasteiger partial charge in [-0.05, 0) is 30.9 Å². The fourth-order valence-electron chi connectivity index (χ4n) is 3.84. The quantitative estimate of drug-likeness (QED) is 0.745. The van der Waals surface area contributed by atoms with Crippen LogP contribution in [0.3, 0.4) is 0 Å². The molecule has 0 saturated carbocycles. The van der Waals surface area contributed by atoms with Crippen molar-refractivity contribution in [2.45, 2.75) is 32.2 Å². The molecule has 3 rings (SSSR count). The van der Waals surface area contributed by atoms with Gasteiger partial charge >= 0.3 is 6.03 Å². The van der Waals surface area contributed by atoms with Crippen molar-refractivity contribution in [3.63, 3.8) is 0 Å². The Hall–Kier alpha value is -2.55. The summed E-state index contributed by atoms with van der Waals surface area (Å²) in [5.41, 5.74) is -0.668. The van der Waals surface area contributed by atoms with E-state index in [1.807, 2.05) is 13.8 Å². The number of carbonyl (C=O) groups excluding carboxylic acids is 3. The zero-order chi connectivity index (χ0) is 19.6. The fraction of sp³-hybridized carbons (Fsp3) is 0.611. The second kappa shape index (κ2) is 7.59. The molecule has 2 fully saturated rings. The first-order chi connectivity index (χ1) is 12.9. The van der Waals surface area contributed by atoms with Gasteiger partial charge in [-0.2, -0.15) is 5.10 Å². The zero-order valence-corrected chi connectivity index (χ0v) is 15.7. The van der Waals surface area contributed by atoms with Gasteiger partial charge in [-0.1, -0.05) is 13.8 Å². The lowest BCUT2D eigenvalue weighted by Gasteiger charge is -2.42. The third-order valence-corrected chi connectivity index (χ3v) is 5.16. The number of likely N-dealkylation sites (tertiary alicyclic amines) is 1. The third-order valence-electron chi connectivity index (χ3n) is 5.16. The van der Waals surface area contributed by atoms with E-state index >= 15 is 0 Å². The van der Waals surface area contributed by atoms with Gasteiger partial charge in [0.25, 0.3) is 11.8 Å². The Morgan fingerprint density at radius 1 is 1.30 bits per heavy atom. The predicted octanol–water partition coefficient (Wildman–Crippen LogP) is 0.364. The van der Waals surface area contributed by atoms with Gasteiger partial charge in [0.1, 0.15) is 5.54 Å². The highest BCUT2D eigenvalue weighted by molar-refractivity contribution is 6.07. The van der Waals surface area contributed by atoms with Gasteiger partial charge in [0, 0.05) is 25.8 Å². The summed E-state index contributed by atoms with van der Waals surface area (Å²) in [6.45, 7) is 4.90. The van der Waals surface area contributed by atoms with Gasteiger partial charge in [0.15, 0.2) is 5.69 Å². The van der Waals surface area contributed by atoms with Gasteiger partial charge in [-0.15, -0.1) is 5.10 Å². The molecule has 2 aliphatic rings. The standard InChI is InChI=1S/C18H25N5O4/c1-13(2)12-23-17(27)22(10-11-24)16(26)18(23)5-8-21(9-6-18)15(25)14-4-3-7-19-20-14/h3-4,7,13,24H,5-6,8-12H2,1-2H3. The summed E-state index contributed by atoms with van der Waals surface area (Å²) in [5, 5.41) is 16.8. The van der Waals surface area contributed by atoms with Crippen molar-refractivity contribution in [2.24, 2.45) is 5.92 Å². The Balaban J connectivity index is 1.79. The second-order valence-electron chi connectivity index (χ2n) is 7.40. The summed E-state index contributed by atoms with van der Waals surface area (Å²) >= 11 is 0. The first-order valence-electron chi connectivity index (χ1n) is 9.22. The number of β-amino-alcohol motifs (C(OH)–C–C–N with tert-alkyl or cyclic N) is 1. The van der Waals surface area contributed by atoms with Crippen LogP contribution in [0.25, 0.3) is 0 Å². The average Bonchev–Trinajstić information content (AvgIpc) is 2.85. The minimum absolute atomic E-state index is 0.00371. The van der Waals surface area contributed by atoms with E-state index in [0.717, 1.165) is 4.90 Å². The van der Waals surface area contributed by atoms with Crippen LogP contribution >= 0.6 is 0 Å². The highest BCUT2D eigenvalue weighted by Crippen LogP contribution is 2.38. The summed E-state index contributed by atoms with van der Waals surface area (Å²) in [6, 6.07) is 2.91. The van der Waals surface area contributed by atoms with Crippen LogP contribution in [0, 0.1) is 5.92 Å². The summed E-state index contributed by atoms with van der Waals surface area (Å²) in [7, 11) is 0. The highest BCUT2D eigenvalue weighted by Gasteiger charge is 2.58. The number of urea groups is 1. The molecular weight excluding hydrogens is 350 g/mol. The zero-order valence-electron chi connectivity index (χ0n) is 15.7. The minimum atomic E-state index is -0.935. The molecule has 2 saturated heterocycles. The van der Waals surface area contributed by atoms with E-state index in [9.17, 15) is 19.5 Å². The van der Waals surface area contributed by atoms with Crippen molar-refractivity contribution >= 4 is 17.8 Å². The number of carbonyl (C=O) groups is 3. The van der Waals surface area contributed by atoms with Crippen LogP contribution in [0.5, 0.6) is 0 Å². The fourth-order valence-corrected chi connectivity index (χ4v) is 3.84. The summed E-state index contributed by atoms with van der Waals surface area (Å²) in [4.78, 5) is 42.8. The summed E-state index contributed by atoms with van der Waals surface area (Å²) < 4.78 is 0. The lowest BCUT2D eigenvalue weighted by atomic mass is 9.85. The van der Waals surface area contributed by atoms with E-state index < -0.39 is 5.54 Å². The molecule has 0 radical (unpaired) electrons. The molecule has 4 amide bonds. The van der Waals surface area contributed by atoms with Crippen molar-refractivity contribution in [1.29, 1.82) is 0 Å². The molecule has 0 aliphatic carbocycles. The van der Waals surface area contributed by atoms with Crippen LogP contribution in [-0.2, 0) is 4.79 Å². The minimum Gasteiger partial charge on any atom is -0.395 e. The molecule has 9 nitrogen and oxygen atoms in total. The number of amides is 4. The topological polar surface area (TPSA) is 107 Å². The van der Waals surface area contributed by atoms with Crippen LogP contribution in [0.4, 0.5) is 4.79 Å². The largest absolute Gasteiger partial charge is 0.395 e. The lowest BCUT2D eigenvalue weighted by Crippen LogP contribution is -2.58. The first-order valence-corrected chi connectivity index (χ1v) is 9.22. The van der Waals surface area contributed by atoms with Crippen molar-refractivity contribution in [2.75, 3.05) is 32.8 Å². The molecule has 0 aromatic carbocycles. The second-order valence-corrected chi connectivity index (χ2v) is 7.40. The molecule has 0 unspecified atom stereocenters. The molecule has 2 aliphatic heterocycles. The monoisotopic (exact) mass is 375 g/mol. The molecule has 1 aromatic rings. The number of aromatic nitrogens is 2. The Kier molecular flexibility index (Phi) is 5.41. The lowest BCUT2D eigenvalue weighted by molar-refractivity contribution is -0.135. The van der Waals surface area contributed by atoms with Crippen molar-refractivity contribution in [3.05, 3.63) is 24.0 Å². The number of aliphatic hydroxyl groups is 1. The van der Waals surface area contributed by atoms with Crippen molar-refractivity contribution in [3.8, 4) is 0 Å². The maximum atomic E-state index is 13.0. The molecule has 27 heavy (non-hydrogen) atoms. The molecular formula is C18H25N5O4. The van der Waals surface area contributed by atoms with E-state index in [1.165, 1.54) is 6.20 Å². The van der Waals surface area contributed by atoms with Crippen molar-refractivity contribution in [1.82, 2.24) is 24.9 Å². The molecule has 1 N–H and O–H groups in total. The first kappa shape index (κ1) is 19.2. The smallest absolute Gasteiger partial charge is 0.327 e.